The Morgan fingerprint density at radius 1 is 1.56 bits per heavy atom. The SMILES string of the molecule is NC(=NCC1CCC1)NCCn1cncn1. The summed E-state index contributed by atoms with van der Waals surface area (Å²) < 4.78 is 1.76. The molecule has 6 nitrogen and oxygen atoms in total. The quantitative estimate of drug-likeness (QED) is 0.542. The Kier molecular flexibility index (Phi) is 3.74. The number of nitrogens with zero attached hydrogens (tertiary/aromatic N) is 4. The van der Waals surface area contributed by atoms with Gasteiger partial charge in [0.15, 0.2) is 5.96 Å². The lowest BCUT2D eigenvalue weighted by atomic mass is 9.86. The number of hydrogen-bond donors (Lipinski definition) is 2. The molecule has 1 aliphatic rings. The summed E-state index contributed by atoms with van der Waals surface area (Å²) in [5.74, 6) is 1.29. The average Bonchev–Trinajstić information content (AvgIpc) is 2.68. The zero-order chi connectivity index (χ0) is 11.2. The molecule has 0 unspecified atom stereocenters. The van der Waals surface area contributed by atoms with Gasteiger partial charge in [0, 0.05) is 13.1 Å². The molecule has 1 fully saturated rings. The van der Waals surface area contributed by atoms with Gasteiger partial charge in [-0.2, -0.15) is 5.10 Å². The molecule has 0 bridgehead atoms. The predicted molar refractivity (Wildman–Crippen MR) is 61.9 cm³/mol. The van der Waals surface area contributed by atoms with Crippen LogP contribution in [0, 0.1) is 5.92 Å². The highest BCUT2D eigenvalue weighted by atomic mass is 15.3. The van der Waals surface area contributed by atoms with E-state index in [2.05, 4.69) is 20.4 Å². The molecule has 6 heteroatoms. The highest BCUT2D eigenvalue weighted by Gasteiger charge is 2.16. The fourth-order valence-electron chi connectivity index (χ4n) is 1.61. The number of nitrogens with one attached hydrogen (secondary N) is 1. The van der Waals surface area contributed by atoms with E-state index in [1.54, 1.807) is 11.0 Å². The minimum absolute atomic E-state index is 0.534. The van der Waals surface area contributed by atoms with Crippen molar-refractivity contribution < 1.29 is 0 Å². The number of aromatic nitrogens is 3. The summed E-state index contributed by atoms with van der Waals surface area (Å²) in [6, 6.07) is 0. The predicted octanol–water partition coefficient (Wildman–Crippen LogP) is -0.0175. The van der Waals surface area contributed by atoms with E-state index >= 15 is 0 Å². The maximum absolute atomic E-state index is 5.73. The average molecular weight is 222 g/mol. The van der Waals surface area contributed by atoms with Crippen LogP contribution in [0.2, 0.25) is 0 Å². The summed E-state index contributed by atoms with van der Waals surface area (Å²) >= 11 is 0. The van der Waals surface area contributed by atoms with Gasteiger partial charge in [-0.1, -0.05) is 6.42 Å². The van der Waals surface area contributed by atoms with Crippen LogP contribution in [0.25, 0.3) is 0 Å². The second-order valence-corrected chi connectivity index (χ2v) is 4.11. The van der Waals surface area contributed by atoms with E-state index in [4.69, 9.17) is 5.73 Å². The molecule has 16 heavy (non-hydrogen) atoms. The first-order valence-corrected chi connectivity index (χ1v) is 5.71. The van der Waals surface area contributed by atoms with Crippen LogP contribution in [-0.2, 0) is 6.54 Å². The molecule has 1 heterocycles. The van der Waals surface area contributed by atoms with Gasteiger partial charge in [0.1, 0.15) is 12.7 Å². The van der Waals surface area contributed by atoms with Crippen LogP contribution in [0.5, 0.6) is 0 Å². The molecule has 1 aromatic rings. The first kappa shape index (κ1) is 10.9. The smallest absolute Gasteiger partial charge is 0.188 e. The van der Waals surface area contributed by atoms with Crippen molar-refractivity contribution in [2.24, 2.45) is 16.6 Å². The van der Waals surface area contributed by atoms with Gasteiger partial charge in [0.2, 0.25) is 0 Å². The molecule has 0 aliphatic heterocycles. The van der Waals surface area contributed by atoms with Gasteiger partial charge < -0.3 is 11.1 Å². The largest absolute Gasteiger partial charge is 0.370 e. The molecule has 0 atom stereocenters. The third-order valence-corrected chi connectivity index (χ3v) is 2.86. The minimum atomic E-state index is 0.534. The monoisotopic (exact) mass is 222 g/mol. The molecule has 1 aliphatic carbocycles. The van der Waals surface area contributed by atoms with Crippen LogP contribution in [-0.4, -0.2) is 33.8 Å². The van der Waals surface area contributed by atoms with Crippen LogP contribution in [0.1, 0.15) is 19.3 Å². The van der Waals surface area contributed by atoms with E-state index in [0.29, 0.717) is 5.96 Å². The van der Waals surface area contributed by atoms with Crippen molar-refractivity contribution in [1.29, 1.82) is 0 Å². The van der Waals surface area contributed by atoms with Gasteiger partial charge in [-0.3, -0.25) is 9.67 Å². The maximum Gasteiger partial charge on any atom is 0.188 e. The summed E-state index contributed by atoms with van der Waals surface area (Å²) in [5, 5.41) is 7.06. The van der Waals surface area contributed by atoms with Crippen molar-refractivity contribution in [2.75, 3.05) is 13.1 Å². The normalized spacial score (nSPS) is 17.1. The number of guanidine groups is 1. The summed E-state index contributed by atoms with van der Waals surface area (Å²) in [5.41, 5.74) is 5.73. The van der Waals surface area contributed by atoms with Crippen molar-refractivity contribution in [3.8, 4) is 0 Å². The van der Waals surface area contributed by atoms with Gasteiger partial charge >= 0.3 is 0 Å². The Morgan fingerprint density at radius 3 is 3.06 bits per heavy atom. The van der Waals surface area contributed by atoms with Gasteiger partial charge in [0.25, 0.3) is 0 Å². The maximum atomic E-state index is 5.73. The van der Waals surface area contributed by atoms with Crippen LogP contribution in [0.15, 0.2) is 17.6 Å². The molecule has 88 valence electrons. The second kappa shape index (κ2) is 5.48. The molecule has 1 aromatic heterocycles. The molecular weight excluding hydrogens is 204 g/mol. The lowest BCUT2D eigenvalue weighted by molar-refractivity contribution is 0.326. The number of nitrogens with two attached hydrogens (primary N) is 1. The topological polar surface area (TPSA) is 81.1 Å². The molecule has 0 aromatic carbocycles. The third-order valence-electron chi connectivity index (χ3n) is 2.86. The number of hydrogen-bond acceptors (Lipinski definition) is 3. The Balaban J connectivity index is 1.61. The molecule has 0 amide bonds. The summed E-state index contributed by atoms with van der Waals surface area (Å²) in [6.07, 6.45) is 7.16. The van der Waals surface area contributed by atoms with Crippen LogP contribution >= 0.6 is 0 Å². The van der Waals surface area contributed by atoms with Crippen molar-refractivity contribution >= 4 is 5.96 Å². The molecular formula is C10H18N6. The van der Waals surface area contributed by atoms with E-state index in [9.17, 15) is 0 Å². The van der Waals surface area contributed by atoms with Crippen LogP contribution < -0.4 is 11.1 Å². The van der Waals surface area contributed by atoms with Gasteiger partial charge in [-0.05, 0) is 18.8 Å². The van der Waals surface area contributed by atoms with Crippen LogP contribution in [0.3, 0.4) is 0 Å². The number of rotatable bonds is 5. The molecule has 2 rings (SSSR count). The Hall–Kier alpha value is -1.59. The van der Waals surface area contributed by atoms with E-state index in [1.807, 2.05) is 0 Å². The standard InChI is InChI=1S/C10H18N6/c11-10(14-6-9-2-1-3-9)13-4-5-16-8-12-7-15-16/h7-9H,1-6H2,(H3,11,13,14). The molecule has 0 saturated heterocycles. The van der Waals surface area contributed by atoms with Gasteiger partial charge in [0.05, 0.1) is 6.54 Å². The Bertz CT molecular complexity index is 327. The first-order chi connectivity index (χ1) is 7.84. The van der Waals surface area contributed by atoms with E-state index in [-0.39, 0.29) is 0 Å². The first-order valence-electron chi connectivity index (χ1n) is 5.71. The van der Waals surface area contributed by atoms with Crippen molar-refractivity contribution in [3.63, 3.8) is 0 Å². The summed E-state index contributed by atoms with van der Waals surface area (Å²) in [4.78, 5) is 8.16. The zero-order valence-electron chi connectivity index (χ0n) is 9.34. The fourth-order valence-corrected chi connectivity index (χ4v) is 1.61. The molecule has 1 saturated carbocycles. The Labute approximate surface area is 95.0 Å². The van der Waals surface area contributed by atoms with E-state index in [1.165, 1.54) is 25.6 Å². The lowest BCUT2D eigenvalue weighted by Gasteiger charge is -2.23. The van der Waals surface area contributed by atoms with E-state index < -0.39 is 0 Å². The highest BCUT2D eigenvalue weighted by molar-refractivity contribution is 5.77. The highest BCUT2D eigenvalue weighted by Crippen LogP contribution is 2.26. The van der Waals surface area contributed by atoms with E-state index in [0.717, 1.165) is 25.6 Å². The lowest BCUT2D eigenvalue weighted by Crippen LogP contribution is -2.35. The Morgan fingerprint density at radius 2 is 2.44 bits per heavy atom. The summed E-state index contributed by atoms with van der Waals surface area (Å²) in [6.45, 7) is 2.34. The van der Waals surface area contributed by atoms with Gasteiger partial charge in [-0.15, -0.1) is 0 Å². The minimum Gasteiger partial charge on any atom is -0.370 e. The van der Waals surface area contributed by atoms with Crippen LogP contribution in [0.4, 0.5) is 0 Å². The zero-order valence-corrected chi connectivity index (χ0v) is 9.34. The second-order valence-electron chi connectivity index (χ2n) is 4.11. The fraction of sp³-hybridized carbons (Fsp3) is 0.700. The summed E-state index contributed by atoms with van der Waals surface area (Å²) in [7, 11) is 0. The molecule has 3 N–H and O–H groups in total. The molecule has 0 spiro atoms. The molecule has 0 radical (unpaired) electrons. The van der Waals surface area contributed by atoms with Crippen molar-refractivity contribution in [1.82, 2.24) is 20.1 Å². The number of aliphatic imine (C=N–C) groups is 1. The van der Waals surface area contributed by atoms with Crippen molar-refractivity contribution in [3.05, 3.63) is 12.7 Å². The third kappa shape index (κ3) is 3.22. The van der Waals surface area contributed by atoms with Crippen molar-refractivity contribution in [2.45, 2.75) is 25.8 Å². The van der Waals surface area contributed by atoms with Gasteiger partial charge in [-0.25, -0.2) is 4.98 Å².